The molecule has 19 heavy (non-hydrogen) atoms. The highest BCUT2D eigenvalue weighted by Crippen LogP contribution is 2.37. The van der Waals surface area contributed by atoms with Crippen molar-refractivity contribution in [1.29, 1.82) is 0 Å². The number of nitrogens with one attached hydrogen (secondary N) is 1. The van der Waals surface area contributed by atoms with Crippen molar-refractivity contribution in [1.82, 2.24) is 0 Å². The number of hydrogen-bond donors (Lipinski definition) is 1. The molecule has 1 saturated carbocycles. The molecule has 0 radical (unpaired) electrons. The molecule has 1 heterocycles. The minimum atomic E-state index is -0.374. The first-order valence-corrected chi connectivity index (χ1v) is 7.43. The Balaban J connectivity index is 2.10. The molecular weight excluding hydrogens is 262 g/mol. The highest BCUT2D eigenvalue weighted by molar-refractivity contribution is 7.16. The van der Waals surface area contributed by atoms with E-state index in [9.17, 15) is 9.59 Å². The summed E-state index contributed by atoms with van der Waals surface area (Å²) in [6, 6.07) is 1.76. The average molecular weight is 281 g/mol. The van der Waals surface area contributed by atoms with Crippen LogP contribution in [0.4, 0.5) is 5.00 Å². The molecule has 104 valence electrons. The fraction of sp³-hybridized carbons (Fsp3) is 0.571. The summed E-state index contributed by atoms with van der Waals surface area (Å²) in [5, 5.41) is 3.48. The predicted octanol–water partition coefficient (Wildman–Crippen LogP) is 3.22. The van der Waals surface area contributed by atoms with Crippen LogP contribution in [0.25, 0.3) is 0 Å². The van der Waals surface area contributed by atoms with Crippen LogP contribution in [0.3, 0.4) is 0 Å². The quantitative estimate of drug-likeness (QED) is 0.843. The number of esters is 1. The van der Waals surface area contributed by atoms with E-state index in [1.807, 2.05) is 13.8 Å². The molecule has 1 aliphatic carbocycles. The van der Waals surface area contributed by atoms with Gasteiger partial charge in [0.2, 0.25) is 5.91 Å². The van der Waals surface area contributed by atoms with Crippen molar-refractivity contribution in [2.24, 2.45) is 11.8 Å². The SMILES string of the molecule is CCOC(=O)c1cc(C)sc1NC(=O)C(C)C1CC1. The zero-order chi connectivity index (χ0) is 14.0. The zero-order valence-corrected chi connectivity index (χ0v) is 12.3. The van der Waals surface area contributed by atoms with Gasteiger partial charge in [-0.2, -0.15) is 0 Å². The number of aryl methyl sites for hydroxylation is 1. The number of hydrogen-bond acceptors (Lipinski definition) is 4. The molecule has 0 aromatic carbocycles. The van der Waals surface area contributed by atoms with E-state index in [-0.39, 0.29) is 17.8 Å². The molecule has 0 saturated heterocycles. The van der Waals surface area contributed by atoms with Crippen LogP contribution in [0, 0.1) is 18.8 Å². The van der Waals surface area contributed by atoms with E-state index in [2.05, 4.69) is 5.32 Å². The molecule has 1 fully saturated rings. The summed E-state index contributed by atoms with van der Waals surface area (Å²) in [7, 11) is 0. The number of rotatable bonds is 5. The molecule has 1 aliphatic rings. The Bertz CT molecular complexity index is 491. The molecule has 0 bridgehead atoms. The minimum Gasteiger partial charge on any atom is -0.462 e. The molecule has 1 amide bonds. The second-order valence-electron chi connectivity index (χ2n) is 4.94. The van der Waals surface area contributed by atoms with Crippen LogP contribution >= 0.6 is 11.3 Å². The van der Waals surface area contributed by atoms with Crippen molar-refractivity contribution in [3.05, 3.63) is 16.5 Å². The van der Waals surface area contributed by atoms with Crippen molar-refractivity contribution < 1.29 is 14.3 Å². The maximum Gasteiger partial charge on any atom is 0.341 e. The minimum absolute atomic E-state index is 0.00472. The standard InChI is InChI=1S/C14H19NO3S/c1-4-18-14(17)11-7-8(2)19-13(11)15-12(16)9(3)10-5-6-10/h7,9-10H,4-6H2,1-3H3,(H,15,16). The Morgan fingerprint density at radius 1 is 1.53 bits per heavy atom. The van der Waals surface area contributed by atoms with Crippen LogP contribution in [-0.4, -0.2) is 18.5 Å². The number of amides is 1. The van der Waals surface area contributed by atoms with Crippen LogP contribution in [0.2, 0.25) is 0 Å². The molecule has 0 aliphatic heterocycles. The lowest BCUT2D eigenvalue weighted by molar-refractivity contribution is -0.119. The van der Waals surface area contributed by atoms with Gasteiger partial charge in [0.15, 0.2) is 0 Å². The topological polar surface area (TPSA) is 55.4 Å². The fourth-order valence-electron chi connectivity index (χ4n) is 2.00. The summed E-state index contributed by atoms with van der Waals surface area (Å²) in [5.41, 5.74) is 0.459. The number of carbonyl (C=O) groups excluding carboxylic acids is 2. The summed E-state index contributed by atoms with van der Waals surface area (Å²) >= 11 is 1.41. The lowest BCUT2D eigenvalue weighted by Gasteiger charge is -2.10. The van der Waals surface area contributed by atoms with Crippen molar-refractivity contribution >= 4 is 28.2 Å². The molecule has 1 aromatic rings. The largest absolute Gasteiger partial charge is 0.462 e. The Morgan fingerprint density at radius 3 is 2.79 bits per heavy atom. The van der Waals surface area contributed by atoms with Crippen LogP contribution in [0.15, 0.2) is 6.07 Å². The maximum absolute atomic E-state index is 12.1. The number of thiophene rings is 1. The molecular formula is C14H19NO3S. The number of anilines is 1. The summed E-state index contributed by atoms with van der Waals surface area (Å²) in [6.07, 6.45) is 2.26. The summed E-state index contributed by atoms with van der Waals surface area (Å²) in [4.78, 5) is 24.9. The van der Waals surface area contributed by atoms with Gasteiger partial charge in [0.25, 0.3) is 0 Å². The third-order valence-electron chi connectivity index (χ3n) is 3.33. The molecule has 0 spiro atoms. The molecule has 1 atom stereocenters. The molecule has 1 N–H and O–H groups in total. The van der Waals surface area contributed by atoms with Gasteiger partial charge in [-0.25, -0.2) is 4.79 Å². The van der Waals surface area contributed by atoms with E-state index < -0.39 is 0 Å². The monoisotopic (exact) mass is 281 g/mol. The van der Waals surface area contributed by atoms with Crippen molar-refractivity contribution in [3.63, 3.8) is 0 Å². The normalized spacial score (nSPS) is 15.9. The van der Waals surface area contributed by atoms with E-state index in [1.54, 1.807) is 13.0 Å². The second kappa shape index (κ2) is 5.74. The molecule has 4 nitrogen and oxygen atoms in total. The second-order valence-corrected chi connectivity index (χ2v) is 6.19. The van der Waals surface area contributed by atoms with Crippen LogP contribution in [0.1, 0.15) is 41.9 Å². The highest BCUT2D eigenvalue weighted by Gasteiger charge is 2.33. The number of ether oxygens (including phenoxy) is 1. The fourth-order valence-corrected chi connectivity index (χ4v) is 2.91. The molecule has 2 rings (SSSR count). The van der Waals surface area contributed by atoms with Gasteiger partial charge in [-0.15, -0.1) is 11.3 Å². The van der Waals surface area contributed by atoms with E-state index in [0.29, 0.717) is 23.1 Å². The predicted molar refractivity (Wildman–Crippen MR) is 75.5 cm³/mol. The van der Waals surface area contributed by atoms with Gasteiger partial charge in [-0.1, -0.05) is 6.92 Å². The first-order valence-electron chi connectivity index (χ1n) is 6.61. The maximum atomic E-state index is 12.1. The summed E-state index contributed by atoms with van der Waals surface area (Å²) < 4.78 is 5.00. The lowest BCUT2D eigenvalue weighted by Crippen LogP contribution is -2.22. The third kappa shape index (κ3) is 3.35. The van der Waals surface area contributed by atoms with Gasteiger partial charge < -0.3 is 10.1 Å². The van der Waals surface area contributed by atoms with Gasteiger partial charge >= 0.3 is 5.97 Å². The van der Waals surface area contributed by atoms with E-state index >= 15 is 0 Å². The van der Waals surface area contributed by atoms with Crippen LogP contribution in [-0.2, 0) is 9.53 Å². The van der Waals surface area contributed by atoms with E-state index in [4.69, 9.17) is 4.74 Å². The van der Waals surface area contributed by atoms with Crippen molar-refractivity contribution in [2.75, 3.05) is 11.9 Å². The van der Waals surface area contributed by atoms with Crippen LogP contribution < -0.4 is 5.32 Å². The molecule has 5 heteroatoms. The Kier molecular flexibility index (Phi) is 4.24. The Hall–Kier alpha value is -1.36. The summed E-state index contributed by atoms with van der Waals surface area (Å²) in [6.45, 7) is 5.95. The molecule has 1 unspecified atom stereocenters. The summed E-state index contributed by atoms with van der Waals surface area (Å²) in [5.74, 6) is 0.140. The highest BCUT2D eigenvalue weighted by atomic mass is 32.1. The smallest absolute Gasteiger partial charge is 0.341 e. The van der Waals surface area contributed by atoms with Gasteiger partial charge in [-0.3, -0.25) is 4.79 Å². The van der Waals surface area contributed by atoms with E-state index in [0.717, 1.165) is 17.7 Å². The Morgan fingerprint density at radius 2 is 2.21 bits per heavy atom. The van der Waals surface area contributed by atoms with Gasteiger partial charge in [0, 0.05) is 10.8 Å². The van der Waals surface area contributed by atoms with Crippen molar-refractivity contribution in [2.45, 2.75) is 33.6 Å². The number of carbonyl (C=O) groups is 2. The van der Waals surface area contributed by atoms with E-state index in [1.165, 1.54) is 11.3 Å². The average Bonchev–Trinajstić information content (AvgIpc) is 3.13. The third-order valence-corrected chi connectivity index (χ3v) is 4.30. The zero-order valence-electron chi connectivity index (χ0n) is 11.5. The van der Waals surface area contributed by atoms with Crippen LogP contribution in [0.5, 0.6) is 0 Å². The van der Waals surface area contributed by atoms with Gasteiger partial charge in [0.05, 0.1) is 12.2 Å². The van der Waals surface area contributed by atoms with Gasteiger partial charge in [-0.05, 0) is 38.7 Å². The Labute approximate surface area is 117 Å². The van der Waals surface area contributed by atoms with Gasteiger partial charge in [0.1, 0.15) is 5.00 Å². The van der Waals surface area contributed by atoms with Crippen molar-refractivity contribution in [3.8, 4) is 0 Å². The first kappa shape index (κ1) is 14.1. The lowest BCUT2D eigenvalue weighted by atomic mass is 10.1. The first-order chi connectivity index (χ1) is 9.02. The molecule has 1 aromatic heterocycles.